The van der Waals surface area contributed by atoms with Gasteiger partial charge in [-0.1, -0.05) is 24.3 Å². The molecule has 0 fully saturated rings. The Morgan fingerprint density at radius 2 is 1.88 bits per heavy atom. The molecule has 0 saturated heterocycles. The Morgan fingerprint density at radius 1 is 1.12 bits per heavy atom. The summed E-state index contributed by atoms with van der Waals surface area (Å²) in [6.45, 7) is 2.37. The van der Waals surface area contributed by atoms with Crippen LogP contribution in [-0.4, -0.2) is 26.3 Å². The molecule has 0 saturated carbocycles. The number of fused-ring (bicyclic) bond motifs is 1. The van der Waals surface area contributed by atoms with Crippen LogP contribution < -0.4 is 20.5 Å². The van der Waals surface area contributed by atoms with Crippen LogP contribution in [0.4, 0.5) is 5.69 Å². The summed E-state index contributed by atoms with van der Waals surface area (Å²) < 4.78 is 16.5. The molecule has 3 rings (SSSR count). The lowest BCUT2D eigenvalue weighted by molar-refractivity contribution is 0.184. The van der Waals surface area contributed by atoms with Gasteiger partial charge in [0.15, 0.2) is 17.5 Å². The van der Waals surface area contributed by atoms with Crippen molar-refractivity contribution >= 4 is 11.6 Å². The van der Waals surface area contributed by atoms with Crippen LogP contribution in [0, 0.1) is 0 Å². The number of hydrogen-bond acceptors (Lipinski definition) is 4. The third-order valence-electron chi connectivity index (χ3n) is 3.86. The van der Waals surface area contributed by atoms with Gasteiger partial charge < -0.3 is 25.3 Å². The summed E-state index contributed by atoms with van der Waals surface area (Å²) in [6, 6.07) is 13.7. The number of benzene rings is 2. The fraction of sp³-hybridized carbons (Fsp3) is 0.316. The number of anilines is 1. The largest absolute Gasteiger partial charge is 0.490 e. The van der Waals surface area contributed by atoms with Crippen LogP contribution in [-0.2, 0) is 17.9 Å². The molecular weight excluding hydrogens is 318 g/mol. The monoisotopic (exact) mass is 341 g/mol. The number of ether oxygens (including phenoxy) is 3. The first-order chi connectivity index (χ1) is 12.3. The maximum atomic E-state index is 6.02. The molecule has 0 bridgehead atoms. The highest BCUT2D eigenvalue weighted by atomic mass is 16.5. The summed E-state index contributed by atoms with van der Waals surface area (Å²) in [5, 5.41) is 3.10. The molecule has 0 amide bonds. The predicted molar refractivity (Wildman–Crippen MR) is 98.2 cm³/mol. The molecule has 2 aromatic rings. The van der Waals surface area contributed by atoms with Crippen LogP contribution in [0.15, 0.2) is 47.5 Å². The lowest BCUT2D eigenvalue weighted by Gasteiger charge is -2.11. The second kappa shape index (κ2) is 8.39. The second-order valence-electron chi connectivity index (χ2n) is 5.74. The van der Waals surface area contributed by atoms with E-state index < -0.39 is 0 Å². The molecule has 3 N–H and O–H groups in total. The van der Waals surface area contributed by atoms with Gasteiger partial charge in [0, 0.05) is 25.3 Å². The number of rotatable bonds is 5. The zero-order valence-electron chi connectivity index (χ0n) is 14.3. The van der Waals surface area contributed by atoms with Crippen molar-refractivity contribution in [2.75, 3.05) is 25.6 Å². The van der Waals surface area contributed by atoms with Crippen molar-refractivity contribution in [2.24, 2.45) is 10.7 Å². The molecule has 2 aromatic carbocycles. The molecule has 0 atom stereocenters. The highest BCUT2D eigenvalue weighted by molar-refractivity contribution is 5.92. The zero-order chi connectivity index (χ0) is 17.5. The summed E-state index contributed by atoms with van der Waals surface area (Å²) in [7, 11) is 1.68. The van der Waals surface area contributed by atoms with Gasteiger partial charge in [-0.15, -0.1) is 0 Å². The van der Waals surface area contributed by atoms with E-state index in [9.17, 15) is 0 Å². The second-order valence-corrected chi connectivity index (χ2v) is 5.74. The average molecular weight is 341 g/mol. The molecule has 0 radical (unpaired) electrons. The van der Waals surface area contributed by atoms with Crippen molar-refractivity contribution in [2.45, 2.75) is 19.6 Å². The Balaban J connectivity index is 1.67. The fourth-order valence-electron chi connectivity index (χ4n) is 2.61. The van der Waals surface area contributed by atoms with E-state index in [-0.39, 0.29) is 0 Å². The molecule has 132 valence electrons. The Bertz CT molecular complexity index is 746. The SMILES string of the molecule is COCc1ccccc1CN=C(N)Nc1ccc2c(c1)OCCCO2. The van der Waals surface area contributed by atoms with Crippen LogP contribution in [0.2, 0.25) is 0 Å². The van der Waals surface area contributed by atoms with Crippen LogP contribution in [0.3, 0.4) is 0 Å². The van der Waals surface area contributed by atoms with Gasteiger partial charge in [-0.3, -0.25) is 0 Å². The molecule has 1 aliphatic rings. The lowest BCUT2D eigenvalue weighted by atomic mass is 10.1. The first-order valence-corrected chi connectivity index (χ1v) is 8.28. The first-order valence-electron chi connectivity index (χ1n) is 8.28. The first kappa shape index (κ1) is 17.1. The minimum Gasteiger partial charge on any atom is -0.490 e. The van der Waals surface area contributed by atoms with Crippen molar-refractivity contribution < 1.29 is 14.2 Å². The molecule has 0 aliphatic carbocycles. The summed E-state index contributed by atoms with van der Waals surface area (Å²) in [4.78, 5) is 4.42. The summed E-state index contributed by atoms with van der Waals surface area (Å²) >= 11 is 0. The minimum atomic E-state index is 0.349. The van der Waals surface area contributed by atoms with E-state index in [1.807, 2.05) is 42.5 Å². The number of hydrogen-bond donors (Lipinski definition) is 2. The topological polar surface area (TPSA) is 78.1 Å². The Hall–Kier alpha value is -2.73. The van der Waals surface area contributed by atoms with Crippen molar-refractivity contribution in [1.29, 1.82) is 0 Å². The molecular formula is C19H23N3O3. The van der Waals surface area contributed by atoms with Gasteiger partial charge in [0.2, 0.25) is 0 Å². The van der Waals surface area contributed by atoms with Crippen molar-refractivity contribution in [1.82, 2.24) is 0 Å². The van der Waals surface area contributed by atoms with E-state index in [0.29, 0.717) is 32.3 Å². The van der Waals surface area contributed by atoms with Gasteiger partial charge in [0.05, 0.1) is 26.4 Å². The summed E-state index contributed by atoms with van der Waals surface area (Å²) in [6.07, 6.45) is 0.877. The maximum Gasteiger partial charge on any atom is 0.193 e. The van der Waals surface area contributed by atoms with E-state index >= 15 is 0 Å². The van der Waals surface area contributed by atoms with Crippen molar-refractivity contribution in [3.63, 3.8) is 0 Å². The lowest BCUT2D eigenvalue weighted by Crippen LogP contribution is -2.22. The highest BCUT2D eigenvalue weighted by Gasteiger charge is 2.11. The molecule has 1 aliphatic heterocycles. The highest BCUT2D eigenvalue weighted by Crippen LogP contribution is 2.32. The number of aliphatic imine (C=N–C) groups is 1. The Kier molecular flexibility index (Phi) is 5.74. The number of nitrogens with one attached hydrogen (secondary N) is 1. The van der Waals surface area contributed by atoms with Crippen LogP contribution in [0.1, 0.15) is 17.5 Å². The van der Waals surface area contributed by atoms with Gasteiger partial charge in [0.25, 0.3) is 0 Å². The van der Waals surface area contributed by atoms with Crippen LogP contribution in [0.25, 0.3) is 0 Å². The minimum absolute atomic E-state index is 0.349. The standard InChI is InChI=1S/C19H23N3O3/c1-23-13-15-6-3-2-5-14(15)12-21-19(20)22-16-7-8-17-18(11-16)25-10-4-9-24-17/h2-3,5-8,11H,4,9-10,12-13H2,1H3,(H3,20,21,22). The Morgan fingerprint density at radius 3 is 2.68 bits per heavy atom. The normalized spacial score (nSPS) is 14.0. The van der Waals surface area contributed by atoms with Crippen LogP contribution >= 0.6 is 0 Å². The number of nitrogens with zero attached hydrogens (tertiary/aromatic N) is 1. The quantitative estimate of drug-likeness (QED) is 0.646. The van der Waals surface area contributed by atoms with E-state index in [2.05, 4.69) is 10.3 Å². The van der Waals surface area contributed by atoms with Crippen molar-refractivity contribution in [3.8, 4) is 11.5 Å². The average Bonchev–Trinajstić information content (AvgIpc) is 2.86. The van der Waals surface area contributed by atoms with E-state index in [1.54, 1.807) is 7.11 Å². The molecule has 0 spiro atoms. The molecule has 0 aromatic heterocycles. The van der Waals surface area contributed by atoms with Crippen LogP contribution in [0.5, 0.6) is 11.5 Å². The maximum absolute atomic E-state index is 6.02. The summed E-state index contributed by atoms with van der Waals surface area (Å²) in [5.74, 6) is 1.83. The summed E-state index contributed by atoms with van der Waals surface area (Å²) in [5.41, 5.74) is 9.03. The smallest absolute Gasteiger partial charge is 0.193 e. The molecule has 0 unspecified atom stereocenters. The fourth-order valence-corrected chi connectivity index (χ4v) is 2.61. The molecule has 6 heteroatoms. The van der Waals surface area contributed by atoms with Gasteiger partial charge in [-0.25, -0.2) is 4.99 Å². The van der Waals surface area contributed by atoms with E-state index in [1.165, 1.54) is 0 Å². The zero-order valence-corrected chi connectivity index (χ0v) is 14.3. The number of guanidine groups is 1. The number of nitrogens with two attached hydrogens (primary N) is 1. The number of methoxy groups -OCH3 is 1. The molecule has 6 nitrogen and oxygen atoms in total. The van der Waals surface area contributed by atoms with Gasteiger partial charge in [-0.05, 0) is 23.3 Å². The molecule has 25 heavy (non-hydrogen) atoms. The third-order valence-corrected chi connectivity index (χ3v) is 3.86. The molecule has 1 heterocycles. The van der Waals surface area contributed by atoms with Gasteiger partial charge >= 0.3 is 0 Å². The third kappa shape index (κ3) is 4.64. The van der Waals surface area contributed by atoms with E-state index in [4.69, 9.17) is 19.9 Å². The van der Waals surface area contributed by atoms with Crippen molar-refractivity contribution in [3.05, 3.63) is 53.6 Å². The predicted octanol–water partition coefficient (Wildman–Crippen LogP) is 2.92. The Labute approximate surface area is 147 Å². The van der Waals surface area contributed by atoms with Gasteiger partial charge in [0.1, 0.15) is 0 Å². The van der Waals surface area contributed by atoms with Gasteiger partial charge in [-0.2, -0.15) is 0 Å². The van der Waals surface area contributed by atoms with E-state index in [0.717, 1.165) is 34.7 Å².